The Kier molecular flexibility index (Phi) is 7.62. The van der Waals surface area contributed by atoms with Gasteiger partial charge in [-0.3, -0.25) is 14.4 Å². The van der Waals surface area contributed by atoms with Crippen LogP contribution >= 0.6 is 0 Å². The summed E-state index contributed by atoms with van der Waals surface area (Å²) in [6.45, 7) is 5.29. The third kappa shape index (κ3) is 4.29. The summed E-state index contributed by atoms with van der Waals surface area (Å²) in [5, 5.41) is 46.2. The summed E-state index contributed by atoms with van der Waals surface area (Å²) >= 11 is 0. The molecule has 3 fully saturated rings. The Hall–Kier alpha value is -3.16. The van der Waals surface area contributed by atoms with E-state index >= 15 is 0 Å². The number of esters is 3. The summed E-state index contributed by atoms with van der Waals surface area (Å²) < 4.78 is 23.6. The molecule has 1 aromatic rings. The lowest BCUT2D eigenvalue weighted by atomic mass is 9.49. The lowest BCUT2D eigenvalue weighted by molar-refractivity contribution is -0.341. The minimum absolute atomic E-state index is 0.00255. The number of ketones is 1. The van der Waals surface area contributed by atoms with E-state index in [0.29, 0.717) is 0 Å². The SMILES string of the molecule is CC(=O)O[C@H]1C(=O)[C@]2(CO)[C@H](O)C[C@H]3OC[C@@]3(OC(C)=O)[C@@H]2[C@@H](OC(=O)c2ccccc2)[C@]2(C(C)(C)O)C[C@H](O)C(C)=C12. The Labute approximate surface area is 248 Å². The molecule has 12 heteroatoms. The number of aliphatic hydroxyl groups excluding tert-OH is 3. The molecular weight excluding hydrogens is 564 g/mol. The van der Waals surface area contributed by atoms with Gasteiger partial charge in [-0.2, -0.15) is 0 Å². The zero-order valence-electron chi connectivity index (χ0n) is 24.7. The van der Waals surface area contributed by atoms with Crippen molar-refractivity contribution in [2.75, 3.05) is 13.2 Å². The number of fused-ring (bicyclic) bond motifs is 4. The van der Waals surface area contributed by atoms with Gasteiger partial charge < -0.3 is 39.4 Å². The van der Waals surface area contributed by atoms with Crippen LogP contribution in [0.2, 0.25) is 0 Å². The fourth-order valence-electron chi connectivity index (χ4n) is 8.13. The smallest absolute Gasteiger partial charge is 0.338 e. The second kappa shape index (κ2) is 10.5. The van der Waals surface area contributed by atoms with Gasteiger partial charge in [-0.05, 0) is 50.5 Å². The first-order chi connectivity index (χ1) is 20.1. The molecule has 4 aliphatic rings. The van der Waals surface area contributed by atoms with E-state index in [1.165, 1.54) is 32.9 Å². The van der Waals surface area contributed by atoms with Gasteiger partial charge >= 0.3 is 17.9 Å². The van der Waals surface area contributed by atoms with Crippen LogP contribution in [-0.2, 0) is 33.3 Å². The number of Topliss-reactive ketones (excluding diaryl/α,β-unsaturated/α-hetero) is 1. The zero-order valence-corrected chi connectivity index (χ0v) is 24.7. The number of hydrogen-bond acceptors (Lipinski definition) is 12. The van der Waals surface area contributed by atoms with Crippen LogP contribution in [0, 0.1) is 16.7 Å². The summed E-state index contributed by atoms with van der Waals surface area (Å²) in [5.41, 5.74) is -7.35. The highest BCUT2D eigenvalue weighted by Gasteiger charge is 2.80. The maximum atomic E-state index is 14.8. The monoisotopic (exact) mass is 602 g/mol. The first-order valence-corrected chi connectivity index (χ1v) is 14.3. The van der Waals surface area contributed by atoms with Crippen molar-refractivity contribution in [1.29, 1.82) is 0 Å². The van der Waals surface area contributed by atoms with Crippen LogP contribution in [-0.4, -0.2) is 99.1 Å². The second-order valence-corrected chi connectivity index (χ2v) is 12.7. The van der Waals surface area contributed by atoms with Crippen molar-refractivity contribution in [2.45, 2.75) is 89.2 Å². The van der Waals surface area contributed by atoms with E-state index in [-0.39, 0.29) is 36.2 Å². The molecule has 1 heterocycles. The fourth-order valence-corrected chi connectivity index (χ4v) is 8.13. The van der Waals surface area contributed by atoms with Crippen LogP contribution < -0.4 is 0 Å². The number of carbonyl (C=O) groups is 4. The molecule has 9 atom stereocenters. The topological polar surface area (TPSA) is 186 Å². The Morgan fingerprint density at radius 3 is 2.23 bits per heavy atom. The average molecular weight is 603 g/mol. The number of aliphatic hydroxyl groups is 4. The number of benzene rings is 1. The maximum absolute atomic E-state index is 14.8. The van der Waals surface area contributed by atoms with Gasteiger partial charge in [0.15, 0.2) is 17.5 Å². The lowest BCUT2D eigenvalue weighted by Gasteiger charge is -2.64. The highest BCUT2D eigenvalue weighted by Crippen LogP contribution is 2.67. The molecule has 0 spiro atoms. The number of hydrogen-bond donors (Lipinski definition) is 4. The molecule has 0 unspecified atom stereocenters. The summed E-state index contributed by atoms with van der Waals surface area (Å²) in [7, 11) is 0. The van der Waals surface area contributed by atoms with Gasteiger partial charge in [-0.15, -0.1) is 0 Å². The van der Waals surface area contributed by atoms with E-state index < -0.39 is 88.8 Å². The quantitative estimate of drug-likeness (QED) is 0.202. The van der Waals surface area contributed by atoms with Gasteiger partial charge in [-0.25, -0.2) is 4.79 Å². The van der Waals surface area contributed by atoms with Crippen molar-refractivity contribution >= 4 is 23.7 Å². The van der Waals surface area contributed by atoms with Crippen molar-refractivity contribution in [1.82, 2.24) is 0 Å². The Balaban J connectivity index is 1.90. The molecule has 1 saturated heterocycles. The first kappa shape index (κ1) is 31.3. The molecule has 0 radical (unpaired) electrons. The summed E-state index contributed by atoms with van der Waals surface area (Å²) in [6.07, 6.45) is -7.81. The number of ether oxygens (including phenoxy) is 4. The van der Waals surface area contributed by atoms with Crippen LogP contribution in [0.15, 0.2) is 41.5 Å². The number of rotatable bonds is 6. The molecule has 5 rings (SSSR count). The van der Waals surface area contributed by atoms with Gasteiger partial charge in [0.2, 0.25) is 0 Å². The summed E-state index contributed by atoms with van der Waals surface area (Å²) in [5.74, 6) is -4.95. The molecule has 2 saturated carbocycles. The predicted octanol–water partition coefficient (Wildman–Crippen LogP) is 0.625. The zero-order chi connectivity index (χ0) is 31.7. The van der Waals surface area contributed by atoms with Gasteiger partial charge in [0.05, 0.1) is 53.3 Å². The Morgan fingerprint density at radius 2 is 1.72 bits per heavy atom. The van der Waals surface area contributed by atoms with E-state index in [0.717, 1.165) is 13.8 Å². The first-order valence-electron chi connectivity index (χ1n) is 14.3. The van der Waals surface area contributed by atoms with Gasteiger partial charge in [-0.1, -0.05) is 18.2 Å². The predicted molar refractivity (Wildman–Crippen MR) is 146 cm³/mol. The normalized spacial score (nSPS) is 38.6. The minimum atomic E-state index is -2.22. The molecule has 4 N–H and O–H groups in total. The van der Waals surface area contributed by atoms with Crippen molar-refractivity contribution in [3.8, 4) is 0 Å². The largest absolute Gasteiger partial charge is 0.457 e. The lowest BCUT2D eigenvalue weighted by Crippen LogP contribution is -2.79. The van der Waals surface area contributed by atoms with E-state index in [4.69, 9.17) is 18.9 Å². The molecule has 0 bridgehead atoms. The summed E-state index contributed by atoms with van der Waals surface area (Å²) in [4.78, 5) is 53.8. The third-order valence-corrected chi connectivity index (χ3v) is 10.1. The van der Waals surface area contributed by atoms with E-state index in [2.05, 4.69) is 0 Å². The van der Waals surface area contributed by atoms with Crippen LogP contribution in [0.4, 0.5) is 0 Å². The molecule has 43 heavy (non-hydrogen) atoms. The highest BCUT2D eigenvalue weighted by atomic mass is 16.6. The molecule has 1 aliphatic heterocycles. The van der Waals surface area contributed by atoms with Gasteiger partial charge in [0.25, 0.3) is 0 Å². The van der Waals surface area contributed by atoms with E-state index in [1.807, 2.05) is 0 Å². The van der Waals surface area contributed by atoms with Crippen LogP contribution in [0.1, 0.15) is 57.8 Å². The standard InChI is InChI=1S/C31H38O12/c1-15-19(35)12-30(28(4,5)39)22(15)23(41-16(2)33)25(37)29(13-32)20(36)11-21-31(14-40-21,43-17(3)34)24(29)26(30)42-27(38)18-9-7-6-8-10-18/h6-10,19-21,23-24,26,32,35-36,39H,11-14H2,1-5H3/t19-,20+,21+,23+,24+,26+,29+,30-,31-/m0/s1. The fraction of sp³-hybridized carbons (Fsp3) is 0.613. The summed E-state index contributed by atoms with van der Waals surface area (Å²) in [6, 6.07) is 7.92. The third-order valence-electron chi connectivity index (χ3n) is 10.1. The van der Waals surface area contributed by atoms with Gasteiger partial charge in [0, 0.05) is 20.3 Å². The maximum Gasteiger partial charge on any atom is 0.338 e. The Bertz CT molecular complexity index is 1360. The second-order valence-electron chi connectivity index (χ2n) is 12.7. The van der Waals surface area contributed by atoms with Crippen LogP contribution in [0.3, 0.4) is 0 Å². The Morgan fingerprint density at radius 1 is 1.07 bits per heavy atom. The molecule has 0 amide bonds. The van der Waals surface area contributed by atoms with Gasteiger partial charge in [0.1, 0.15) is 12.2 Å². The van der Waals surface area contributed by atoms with Crippen LogP contribution in [0.5, 0.6) is 0 Å². The molecule has 0 aromatic heterocycles. The van der Waals surface area contributed by atoms with Crippen molar-refractivity contribution < 1.29 is 58.6 Å². The van der Waals surface area contributed by atoms with Crippen LogP contribution in [0.25, 0.3) is 0 Å². The molecule has 12 nitrogen and oxygen atoms in total. The highest BCUT2D eigenvalue weighted by molar-refractivity contribution is 5.96. The van der Waals surface area contributed by atoms with E-state index in [9.17, 15) is 39.6 Å². The number of carbonyl (C=O) groups excluding carboxylic acids is 4. The van der Waals surface area contributed by atoms with Crippen molar-refractivity contribution in [3.63, 3.8) is 0 Å². The molecule has 234 valence electrons. The van der Waals surface area contributed by atoms with E-state index in [1.54, 1.807) is 18.2 Å². The van der Waals surface area contributed by atoms with Crippen molar-refractivity contribution in [3.05, 3.63) is 47.0 Å². The average Bonchev–Trinajstić information content (AvgIpc) is 3.16. The molecule has 1 aromatic carbocycles. The molecule has 3 aliphatic carbocycles. The minimum Gasteiger partial charge on any atom is -0.457 e. The van der Waals surface area contributed by atoms with Crippen molar-refractivity contribution in [2.24, 2.45) is 16.7 Å². The molecular formula is C31H38O12.